The lowest BCUT2D eigenvalue weighted by molar-refractivity contribution is 0.0995. The van der Waals surface area contributed by atoms with Crippen molar-refractivity contribution in [1.82, 2.24) is 9.97 Å². The molecule has 4 nitrogen and oxygen atoms in total. The molecule has 2 heterocycles. The second-order valence-corrected chi connectivity index (χ2v) is 3.30. The molecule has 0 aliphatic carbocycles. The highest BCUT2D eigenvalue weighted by Gasteiger charge is 2.11. The molecule has 0 saturated heterocycles. The Morgan fingerprint density at radius 1 is 1.40 bits per heavy atom. The van der Waals surface area contributed by atoms with E-state index in [1.165, 1.54) is 0 Å². The van der Waals surface area contributed by atoms with E-state index in [9.17, 15) is 4.79 Å². The molecule has 0 atom stereocenters. The zero-order valence-corrected chi connectivity index (χ0v) is 8.32. The number of carbonyl (C=O) groups excluding carboxylic acids is 1. The fourth-order valence-corrected chi connectivity index (χ4v) is 1.58. The minimum absolute atomic E-state index is 0.437. The quantitative estimate of drug-likeness (QED) is 0.772. The van der Waals surface area contributed by atoms with Crippen LogP contribution in [0.25, 0.3) is 11.1 Å². The van der Waals surface area contributed by atoms with Crippen LogP contribution < -0.4 is 5.73 Å². The van der Waals surface area contributed by atoms with Crippen molar-refractivity contribution in [3.8, 4) is 11.1 Å². The molecule has 0 aliphatic heterocycles. The first kappa shape index (κ1) is 9.45. The molecule has 0 fully saturated rings. The lowest BCUT2D eigenvalue weighted by Crippen LogP contribution is -2.12. The molecule has 2 aromatic heterocycles. The second-order valence-electron chi connectivity index (χ2n) is 3.30. The molecule has 76 valence electrons. The maximum absolute atomic E-state index is 11.0. The number of aromatic nitrogens is 2. The molecule has 1 amide bonds. The maximum atomic E-state index is 11.0. The van der Waals surface area contributed by atoms with Gasteiger partial charge in [-0.1, -0.05) is 0 Å². The number of rotatable bonds is 2. The summed E-state index contributed by atoms with van der Waals surface area (Å²) >= 11 is 0. The third-order valence-electron chi connectivity index (χ3n) is 2.38. The van der Waals surface area contributed by atoms with Crippen LogP contribution in [0.2, 0.25) is 0 Å². The molecule has 0 aromatic carbocycles. The highest BCUT2D eigenvalue weighted by Crippen LogP contribution is 2.24. The first-order chi connectivity index (χ1) is 7.20. The lowest BCUT2D eigenvalue weighted by Gasteiger charge is -1.99. The van der Waals surface area contributed by atoms with E-state index < -0.39 is 5.91 Å². The second kappa shape index (κ2) is 3.57. The first-order valence-corrected chi connectivity index (χ1v) is 4.58. The van der Waals surface area contributed by atoms with Gasteiger partial charge >= 0.3 is 0 Å². The largest absolute Gasteiger partial charge is 0.364 e. The first-order valence-electron chi connectivity index (χ1n) is 4.58. The zero-order valence-electron chi connectivity index (χ0n) is 8.32. The van der Waals surface area contributed by atoms with E-state index in [0.29, 0.717) is 5.69 Å². The van der Waals surface area contributed by atoms with Crippen molar-refractivity contribution >= 4 is 5.91 Å². The number of aromatic amines is 1. The third-order valence-corrected chi connectivity index (χ3v) is 2.38. The third kappa shape index (κ3) is 1.61. The van der Waals surface area contributed by atoms with Crippen LogP contribution in [0.4, 0.5) is 0 Å². The maximum Gasteiger partial charge on any atom is 0.265 e. The number of nitrogens with zero attached hydrogens (tertiary/aromatic N) is 1. The van der Waals surface area contributed by atoms with Crippen molar-refractivity contribution in [3.05, 3.63) is 42.0 Å². The van der Waals surface area contributed by atoms with E-state index in [2.05, 4.69) is 9.97 Å². The zero-order chi connectivity index (χ0) is 10.8. The van der Waals surface area contributed by atoms with Gasteiger partial charge in [0.05, 0.1) is 0 Å². The number of hydrogen-bond donors (Lipinski definition) is 2. The summed E-state index contributed by atoms with van der Waals surface area (Å²) in [5.41, 5.74) is 8.55. The van der Waals surface area contributed by atoms with Crippen molar-refractivity contribution < 1.29 is 4.79 Å². The van der Waals surface area contributed by atoms with Gasteiger partial charge in [0, 0.05) is 24.2 Å². The van der Waals surface area contributed by atoms with Crippen molar-refractivity contribution in [1.29, 1.82) is 0 Å². The molecular formula is C11H11N3O. The Morgan fingerprint density at radius 2 is 2.07 bits per heavy atom. The van der Waals surface area contributed by atoms with Gasteiger partial charge in [0.1, 0.15) is 5.69 Å². The number of amides is 1. The number of carbonyl (C=O) groups is 1. The van der Waals surface area contributed by atoms with Crippen molar-refractivity contribution in [2.24, 2.45) is 5.73 Å². The minimum Gasteiger partial charge on any atom is -0.364 e. The Labute approximate surface area is 87.1 Å². The summed E-state index contributed by atoms with van der Waals surface area (Å²) < 4.78 is 0. The summed E-state index contributed by atoms with van der Waals surface area (Å²) in [5, 5.41) is 0. The van der Waals surface area contributed by atoms with Crippen LogP contribution in [-0.4, -0.2) is 15.9 Å². The van der Waals surface area contributed by atoms with Gasteiger partial charge in [0.2, 0.25) is 0 Å². The van der Waals surface area contributed by atoms with Crippen molar-refractivity contribution in [3.63, 3.8) is 0 Å². The average Bonchev–Trinajstić information content (AvgIpc) is 2.61. The number of pyridine rings is 1. The number of nitrogens with one attached hydrogen (secondary N) is 1. The molecule has 4 heteroatoms. The van der Waals surface area contributed by atoms with E-state index in [4.69, 9.17) is 5.73 Å². The number of H-pyrrole nitrogens is 1. The summed E-state index contributed by atoms with van der Waals surface area (Å²) in [4.78, 5) is 17.9. The van der Waals surface area contributed by atoms with E-state index in [0.717, 1.165) is 16.7 Å². The van der Waals surface area contributed by atoms with E-state index >= 15 is 0 Å². The number of nitrogens with two attached hydrogens (primary N) is 1. The molecule has 15 heavy (non-hydrogen) atoms. The van der Waals surface area contributed by atoms with Crippen LogP contribution in [0.3, 0.4) is 0 Å². The Hall–Kier alpha value is -2.10. The monoisotopic (exact) mass is 201 g/mol. The Morgan fingerprint density at radius 3 is 2.60 bits per heavy atom. The Kier molecular flexibility index (Phi) is 2.25. The van der Waals surface area contributed by atoms with E-state index in [1.807, 2.05) is 19.1 Å². The predicted octanol–water partition coefficient (Wildman–Crippen LogP) is 1.48. The van der Waals surface area contributed by atoms with Crippen molar-refractivity contribution in [2.75, 3.05) is 0 Å². The Balaban J connectivity index is 2.52. The fraction of sp³-hybridized carbons (Fsp3) is 0.0909. The van der Waals surface area contributed by atoms with Gasteiger partial charge in [0.15, 0.2) is 0 Å². The molecular weight excluding hydrogens is 190 g/mol. The average molecular weight is 201 g/mol. The summed E-state index contributed by atoms with van der Waals surface area (Å²) in [7, 11) is 0. The molecule has 3 N–H and O–H groups in total. The smallest absolute Gasteiger partial charge is 0.265 e. The van der Waals surface area contributed by atoms with Crippen LogP contribution >= 0.6 is 0 Å². The van der Waals surface area contributed by atoms with Crippen LogP contribution in [0, 0.1) is 6.92 Å². The molecule has 2 aromatic rings. The molecule has 0 unspecified atom stereocenters. The SMILES string of the molecule is Cc1c(-c2ccncc2)c[nH]c1C(N)=O. The molecule has 0 bridgehead atoms. The van der Waals surface area contributed by atoms with Gasteiger partial charge in [-0.05, 0) is 30.2 Å². The van der Waals surface area contributed by atoms with Gasteiger partial charge in [0.25, 0.3) is 5.91 Å². The summed E-state index contributed by atoms with van der Waals surface area (Å²) in [6, 6.07) is 3.78. The van der Waals surface area contributed by atoms with Gasteiger partial charge in [-0.25, -0.2) is 0 Å². The summed E-state index contributed by atoms with van der Waals surface area (Å²) in [6.45, 7) is 1.87. The molecule has 0 spiro atoms. The predicted molar refractivity (Wildman–Crippen MR) is 57.3 cm³/mol. The number of hydrogen-bond acceptors (Lipinski definition) is 2. The van der Waals surface area contributed by atoms with Gasteiger partial charge in [-0.15, -0.1) is 0 Å². The van der Waals surface area contributed by atoms with Crippen LogP contribution in [-0.2, 0) is 0 Å². The topological polar surface area (TPSA) is 71.8 Å². The van der Waals surface area contributed by atoms with Crippen LogP contribution in [0.1, 0.15) is 16.1 Å². The van der Waals surface area contributed by atoms with Gasteiger partial charge in [-0.3, -0.25) is 9.78 Å². The standard InChI is InChI=1S/C11H11N3O/c1-7-9(6-14-10(7)11(12)15)8-2-4-13-5-3-8/h2-6,14H,1H3,(H2,12,15). The van der Waals surface area contributed by atoms with E-state index in [-0.39, 0.29) is 0 Å². The van der Waals surface area contributed by atoms with Crippen LogP contribution in [0.15, 0.2) is 30.7 Å². The normalized spacial score (nSPS) is 10.2. The fourth-order valence-electron chi connectivity index (χ4n) is 1.58. The summed E-state index contributed by atoms with van der Waals surface area (Å²) in [5.74, 6) is -0.437. The van der Waals surface area contributed by atoms with E-state index in [1.54, 1.807) is 18.6 Å². The minimum atomic E-state index is -0.437. The molecule has 0 radical (unpaired) electrons. The molecule has 0 aliphatic rings. The van der Waals surface area contributed by atoms with Gasteiger partial charge < -0.3 is 10.7 Å². The number of primary amides is 1. The van der Waals surface area contributed by atoms with Gasteiger partial charge in [-0.2, -0.15) is 0 Å². The van der Waals surface area contributed by atoms with Crippen LogP contribution in [0.5, 0.6) is 0 Å². The lowest BCUT2D eigenvalue weighted by atomic mass is 10.1. The highest BCUT2D eigenvalue weighted by molar-refractivity contribution is 5.94. The summed E-state index contributed by atoms with van der Waals surface area (Å²) in [6.07, 6.45) is 5.21. The molecule has 0 saturated carbocycles. The Bertz CT molecular complexity index is 488. The highest BCUT2D eigenvalue weighted by atomic mass is 16.1. The van der Waals surface area contributed by atoms with Crippen molar-refractivity contribution in [2.45, 2.75) is 6.92 Å². The molecule has 2 rings (SSSR count).